The number of rotatable bonds is 4. The van der Waals surface area contributed by atoms with E-state index in [1.807, 2.05) is 26.2 Å². The highest BCUT2D eigenvalue weighted by Gasteiger charge is 2.10. The number of hydrogen-bond acceptors (Lipinski definition) is 3. The van der Waals surface area contributed by atoms with Gasteiger partial charge in [0.15, 0.2) is 0 Å². The van der Waals surface area contributed by atoms with Gasteiger partial charge in [0.05, 0.1) is 12.4 Å². The molecule has 0 bridgehead atoms. The maximum atomic E-state index is 4.02. The Bertz CT molecular complexity index is 456. The summed E-state index contributed by atoms with van der Waals surface area (Å²) in [6, 6.07) is 0.285. The average Bonchev–Trinajstić information content (AvgIpc) is 2.84. The van der Waals surface area contributed by atoms with Gasteiger partial charge in [0.1, 0.15) is 0 Å². The van der Waals surface area contributed by atoms with Crippen molar-refractivity contribution in [3.8, 4) is 0 Å². The van der Waals surface area contributed by atoms with Gasteiger partial charge in [-0.15, -0.1) is 0 Å². The lowest BCUT2D eigenvalue weighted by Crippen LogP contribution is -2.18. The molecule has 2 aromatic heterocycles. The number of hydrogen-bond donors (Lipinski definition) is 3. The molecule has 2 heterocycles. The molecule has 2 rings (SSSR count). The van der Waals surface area contributed by atoms with Gasteiger partial charge >= 0.3 is 0 Å². The fourth-order valence-corrected chi connectivity index (χ4v) is 1.72. The molecule has 0 radical (unpaired) electrons. The molecule has 0 aliphatic carbocycles. The molecule has 0 amide bonds. The lowest BCUT2D eigenvalue weighted by Gasteiger charge is -2.12. The van der Waals surface area contributed by atoms with E-state index in [1.165, 1.54) is 11.1 Å². The molecule has 0 fully saturated rings. The summed E-state index contributed by atoms with van der Waals surface area (Å²) in [7, 11) is 0. The normalized spacial score (nSPS) is 12.9. The fraction of sp³-hybridized carbons (Fsp3) is 0.455. The zero-order valence-corrected chi connectivity index (χ0v) is 9.83. The Morgan fingerprint density at radius 3 is 2.44 bits per heavy atom. The van der Waals surface area contributed by atoms with E-state index in [2.05, 4.69) is 32.6 Å². The smallest absolute Gasteiger partial charge is 0.0537 e. The summed E-state index contributed by atoms with van der Waals surface area (Å²) >= 11 is 0. The van der Waals surface area contributed by atoms with Crippen molar-refractivity contribution in [1.82, 2.24) is 25.7 Å². The molecule has 0 spiro atoms. The Balaban J connectivity index is 1.97. The molecule has 0 aliphatic heterocycles. The monoisotopic (exact) mass is 219 g/mol. The van der Waals surface area contributed by atoms with Gasteiger partial charge in [-0.25, -0.2) is 0 Å². The van der Waals surface area contributed by atoms with Crippen LogP contribution in [0.2, 0.25) is 0 Å². The van der Waals surface area contributed by atoms with Gasteiger partial charge in [-0.3, -0.25) is 10.2 Å². The van der Waals surface area contributed by atoms with Crippen molar-refractivity contribution in [3.05, 3.63) is 34.9 Å². The highest BCUT2D eigenvalue weighted by molar-refractivity contribution is 5.19. The molecule has 1 atom stereocenters. The van der Waals surface area contributed by atoms with Gasteiger partial charge in [0.2, 0.25) is 0 Å². The zero-order valence-electron chi connectivity index (χ0n) is 9.83. The summed E-state index contributed by atoms with van der Waals surface area (Å²) in [6.45, 7) is 7.00. The van der Waals surface area contributed by atoms with Crippen LogP contribution in [0.4, 0.5) is 0 Å². The van der Waals surface area contributed by atoms with Crippen molar-refractivity contribution in [2.24, 2.45) is 0 Å². The third-order valence-corrected chi connectivity index (χ3v) is 2.87. The standard InChI is InChI=1S/C11H17N5/c1-7-10(5-13-15-7)4-12-8(2)11-6-14-16-9(11)3/h5-6,8,12H,4H2,1-3H3,(H,13,15)(H,14,16). The molecule has 0 saturated carbocycles. The van der Waals surface area contributed by atoms with Gasteiger partial charge in [-0.1, -0.05) is 0 Å². The van der Waals surface area contributed by atoms with E-state index in [4.69, 9.17) is 0 Å². The second-order valence-corrected chi connectivity index (χ2v) is 4.07. The number of H-pyrrole nitrogens is 2. The molecular formula is C11H17N5. The fourth-order valence-electron chi connectivity index (χ4n) is 1.72. The predicted octanol–water partition coefficient (Wildman–Crippen LogP) is 1.60. The number of nitrogens with one attached hydrogen (secondary N) is 3. The van der Waals surface area contributed by atoms with E-state index >= 15 is 0 Å². The van der Waals surface area contributed by atoms with Crippen LogP contribution in [0.3, 0.4) is 0 Å². The van der Waals surface area contributed by atoms with Crippen LogP contribution in [0, 0.1) is 13.8 Å². The highest BCUT2D eigenvalue weighted by atomic mass is 15.1. The van der Waals surface area contributed by atoms with Gasteiger partial charge in [0.25, 0.3) is 0 Å². The first-order valence-corrected chi connectivity index (χ1v) is 5.40. The first-order valence-electron chi connectivity index (χ1n) is 5.40. The Morgan fingerprint density at radius 1 is 1.19 bits per heavy atom. The lowest BCUT2D eigenvalue weighted by molar-refractivity contribution is 0.571. The van der Waals surface area contributed by atoms with Crippen molar-refractivity contribution >= 4 is 0 Å². The maximum absolute atomic E-state index is 4.02. The minimum atomic E-state index is 0.285. The first-order chi connectivity index (χ1) is 7.68. The van der Waals surface area contributed by atoms with Gasteiger partial charge in [0, 0.05) is 35.1 Å². The summed E-state index contributed by atoms with van der Waals surface area (Å²) in [5.74, 6) is 0. The molecule has 0 aliphatic rings. The minimum absolute atomic E-state index is 0.285. The van der Waals surface area contributed by atoms with Crippen molar-refractivity contribution in [1.29, 1.82) is 0 Å². The quantitative estimate of drug-likeness (QED) is 0.731. The number of aryl methyl sites for hydroxylation is 2. The van der Waals surface area contributed by atoms with E-state index in [0.29, 0.717) is 0 Å². The Morgan fingerprint density at radius 2 is 1.88 bits per heavy atom. The molecule has 5 heteroatoms. The lowest BCUT2D eigenvalue weighted by atomic mass is 10.1. The van der Waals surface area contributed by atoms with Crippen molar-refractivity contribution in [2.45, 2.75) is 33.4 Å². The van der Waals surface area contributed by atoms with E-state index in [1.54, 1.807) is 0 Å². The minimum Gasteiger partial charge on any atom is -0.306 e. The molecule has 86 valence electrons. The summed E-state index contributed by atoms with van der Waals surface area (Å²) in [4.78, 5) is 0. The van der Waals surface area contributed by atoms with Crippen molar-refractivity contribution in [3.63, 3.8) is 0 Å². The molecule has 1 unspecified atom stereocenters. The third-order valence-electron chi connectivity index (χ3n) is 2.87. The highest BCUT2D eigenvalue weighted by Crippen LogP contribution is 2.15. The van der Waals surface area contributed by atoms with Gasteiger partial charge < -0.3 is 5.32 Å². The van der Waals surface area contributed by atoms with Gasteiger partial charge in [-0.2, -0.15) is 10.2 Å². The van der Waals surface area contributed by atoms with Crippen molar-refractivity contribution < 1.29 is 0 Å². The number of aromatic nitrogens is 4. The Kier molecular flexibility index (Phi) is 3.05. The van der Waals surface area contributed by atoms with Crippen LogP contribution in [-0.2, 0) is 6.54 Å². The molecule has 5 nitrogen and oxygen atoms in total. The van der Waals surface area contributed by atoms with Crippen LogP contribution < -0.4 is 5.32 Å². The van der Waals surface area contributed by atoms with Crippen molar-refractivity contribution in [2.75, 3.05) is 0 Å². The average molecular weight is 219 g/mol. The van der Waals surface area contributed by atoms with E-state index < -0.39 is 0 Å². The van der Waals surface area contributed by atoms with Crippen LogP contribution >= 0.6 is 0 Å². The molecule has 3 N–H and O–H groups in total. The predicted molar refractivity (Wildman–Crippen MR) is 61.9 cm³/mol. The second kappa shape index (κ2) is 4.49. The van der Waals surface area contributed by atoms with Crippen LogP contribution in [0.15, 0.2) is 12.4 Å². The second-order valence-electron chi connectivity index (χ2n) is 4.07. The maximum Gasteiger partial charge on any atom is 0.0537 e. The first kappa shape index (κ1) is 10.9. The molecular weight excluding hydrogens is 202 g/mol. The summed E-state index contributed by atoms with van der Waals surface area (Å²) in [6.07, 6.45) is 3.73. The molecule has 16 heavy (non-hydrogen) atoms. The molecule has 0 aromatic carbocycles. The van der Waals surface area contributed by atoms with Gasteiger partial charge in [-0.05, 0) is 20.8 Å². The summed E-state index contributed by atoms with van der Waals surface area (Å²) < 4.78 is 0. The van der Waals surface area contributed by atoms with E-state index in [9.17, 15) is 0 Å². The largest absolute Gasteiger partial charge is 0.306 e. The van der Waals surface area contributed by atoms with Crippen LogP contribution in [-0.4, -0.2) is 20.4 Å². The SMILES string of the molecule is Cc1[nH]ncc1CNC(C)c1cn[nH]c1C. The summed E-state index contributed by atoms with van der Waals surface area (Å²) in [5.41, 5.74) is 4.64. The molecule has 0 saturated heterocycles. The topological polar surface area (TPSA) is 69.4 Å². The third kappa shape index (κ3) is 2.14. The zero-order chi connectivity index (χ0) is 11.5. The van der Waals surface area contributed by atoms with E-state index in [-0.39, 0.29) is 6.04 Å². The Hall–Kier alpha value is -1.62. The Labute approximate surface area is 94.7 Å². The number of nitrogens with zero attached hydrogens (tertiary/aromatic N) is 2. The number of aromatic amines is 2. The van der Waals surface area contributed by atoms with Crippen LogP contribution in [0.5, 0.6) is 0 Å². The van der Waals surface area contributed by atoms with E-state index in [0.717, 1.165) is 17.9 Å². The van der Waals surface area contributed by atoms with Crippen LogP contribution in [0.25, 0.3) is 0 Å². The summed E-state index contributed by atoms with van der Waals surface area (Å²) in [5, 5.41) is 17.3. The molecule has 2 aromatic rings. The van der Waals surface area contributed by atoms with Crippen LogP contribution in [0.1, 0.15) is 35.5 Å².